The third-order valence-corrected chi connectivity index (χ3v) is 10.3. The van der Waals surface area contributed by atoms with Crippen LogP contribution in [0.2, 0.25) is 0 Å². The first-order chi connectivity index (χ1) is 25.2. The molecule has 0 aliphatic rings. The summed E-state index contributed by atoms with van der Waals surface area (Å²) in [6.07, 6.45) is 40.9. The number of nitrogens with zero attached hydrogens (tertiary/aromatic N) is 1. The van der Waals surface area contributed by atoms with E-state index < -0.39 is 8.25 Å². The Morgan fingerprint density at radius 2 is 0.673 bits per heavy atom. The first kappa shape index (κ1) is 53.0. The largest absolute Gasteiger partial charge is 0.566 e. The molecule has 0 saturated carbocycles. The molecule has 0 radical (unpaired) electrons. The Labute approximate surface area is 323 Å². The third kappa shape index (κ3) is 46.9. The molecule has 0 bridgehead atoms. The van der Waals surface area contributed by atoms with E-state index in [9.17, 15) is 19.0 Å². The van der Waals surface area contributed by atoms with Crippen LogP contribution in [0, 0.1) is 0 Å². The fraction of sp³-hybridized carbons (Fsp3) is 0.953. The van der Waals surface area contributed by atoms with Crippen molar-refractivity contribution in [2.75, 3.05) is 47.5 Å². The van der Waals surface area contributed by atoms with Crippen LogP contribution in [0.1, 0.15) is 219 Å². The molecular weight excluding hydrogens is 673 g/mol. The number of esters is 2. The van der Waals surface area contributed by atoms with Crippen LogP contribution in [-0.2, 0) is 28.2 Å². The van der Waals surface area contributed by atoms with Crippen molar-refractivity contribution in [1.29, 1.82) is 0 Å². The summed E-state index contributed by atoms with van der Waals surface area (Å²) in [5.74, 6) is -0.149. The van der Waals surface area contributed by atoms with Gasteiger partial charge in [-0.25, -0.2) is 0 Å². The van der Waals surface area contributed by atoms with Gasteiger partial charge in [-0.05, 0) is 17.4 Å². The van der Waals surface area contributed by atoms with E-state index in [1.807, 2.05) is 0 Å². The lowest BCUT2D eigenvalue weighted by Crippen LogP contribution is -2.45. The Balaban J connectivity index is 0. The molecule has 0 fully saturated rings. The standard InChI is InChI=1S/C42H84NO4.CH3O3P/c1-5-7-9-11-13-15-17-19-21-23-25-27-29-31-33-35-41(44)46-39-37-43(3,4)38-40-47-42(45)36-34-32-30-28-26-24-22-20-18-16-14-12-10-8-6-2;1-4-5(2)3/h5-40H2,1-4H3;1H3/q+1;. The minimum absolute atomic E-state index is 0.0744. The molecular formula is C43H87NO7P+. The molecule has 1 unspecified atom stereocenters. The van der Waals surface area contributed by atoms with E-state index in [4.69, 9.17) is 9.47 Å². The quantitative estimate of drug-likeness (QED) is 0.0266. The van der Waals surface area contributed by atoms with Crippen molar-refractivity contribution in [2.45, 2.75) is 219 Å². The second-order valence-electron chi connectivity index (χ2n) is 15.6. The van der Waals surface area contributed by atoms with Crippen LogP contribution in [0.5, 0.6) is 0 Å². The SMILES string of the molecule is CCCCCCCCCCCCCCCCCC(=O)OCC[N+](C)(C)CCOC(=O)CCCCCCCCCCCCCCCCC.CO[P+](=O)[O-]. The second kappa shape index (κ2) is 42.7. The minimum Gasteiger partial charge on any atom is -0.566 e. The van der Waals surface area contributed by atoms with Gasteiger partial charge in [0.05, 0.1) is 21.2 Å². The van der Waals surface area contributed by atoms with Crippen LogP contribution in [0.3, 0.4) is 0 Å². The molecule has 0 saturated heterocycles. The molecule has 310 valence electrons. The fourth-order valence-corrected chi connectivity index (χ4v) is 6.35. The summed E-state index contributed by atoms with van der Waals surface area (Å²) < 4.78 is 24.6. The molecule has 0 heterocycles. The smallest absolute Gasteiger partial charge is 0.488 e. The molecule has 0 spiro atoms. The highest BCUT2D eigenvalue weighted by Crippen LogP contribution is 2.15. The lowest BCUT2D eigenvalue weighted by atomic mass is 10.0. The van der Waals surface area contributed by atoms with Crippen LogP contribution < -0.4 is 4.89 Å². The number of unbranched alkanes of at least 4 members (excludes halogenated alkanes) is 28. The summed E-state index contributed by atoms with van der Waals surface area (Å²) >= 11 is 0. The van der Waals surface area contributed by atoms with E-state index in [2.05, 4.69) is 32.5 Å². The normalized spacial score (nSPS) is 11.6. The van der Waals surface area contributed by atoms with E-state index in [0.717, 1.165) is 45.9 Å². The average Bonchev–Trinajstić information content (AvgIpc) is 3.11. The molecule has 1 atom stereocenters. The summed E-state index contributed by atoms with van der Waals surface area (Å²) in [5.41, 5.74) is 0. The van der Waals surface area contributed by atoms with Crippen molar-refractivity contribution in [3.05, 3.63) is 0 Å². The molecule has 9 heteroatoms. The Morgan fingerprint density at radius 1 is 0.462 bits per heavy atom. The van der Waals surface area contributed by atoms with Crippen LogP contribution in [-0.4, -0.2) is 63.9 Å². The number of carbonyl (C=O) groups is 2. The van der Waals surface area contributed by atoms with Gasteiger partial charge >= 0.3 is 20.2 Å². The monoisotopic (exact) mass is 761 g/mol. The van der Waals surface area contributed by atoms with E-state index in [-0.39, 0.29) is 11.9 Å². The zero-order valence-corrected chi connectivity index (χ0v) is 36.1. The molecule has 0 N–H and O–H groups in total. The van der Waals surface area contributed by atoms with Crippen molar-refractivity contribution in [1.82, 2.24) is 0 Å². The maximum atomic E-state index is 12.1. The predicted molar refractivity (Wildman–Crippen MR) is 217 cm³/mol. The Morgan fingerprint density at radius 3 is 0.885 bits per heavy atom. The minimum atomic E-state index is -2.60. The van der Waals surface area contributed by atoms with Crippen molar-refractivity contribution in [3.63, 3.8) is 0 Å². The van der Waals surface area contributed by atoms with Crippen molar-refractivity contribution < 1.29 is 37.5 Å². The predicted octanol–water partition coefficient (Wildman–Crippen LogP) is 12.3. The number of hydrogen-bond acceptors (Lipinski definition) is 7. The first-order valence-corrected chi connectivity index (χ1v) is 23.1. The zero-order valence-electron chi connectivity index (χ0n) is 35.2. The van der Waals surface area contributed by atoms with E-state index in [0.29, 0.717) is 30.5 Å². The first-order valence-electron chi connectivity index (χ1n) is 22.0. The number of quaternary nitrogens is 1. The van der Waals surface area contributed by atoms with Gasteiger partial charge in [0.25, 0.3) is 0 Å². The fourth-order valence-electron chi connectivity index (χ4n) is 6.35. The lowest BCUT2D eigenvalue weighted by molar-refractivity contribution is -0.890. The zero-order chi connectivity index (χ0) is 38.8. The molecule has 0 aromatic heterocycles. The summed E-state index contributed by atoms with van der Waals surface area (Å²) in [7, 11) is 2.71. The van der Waals surface area contributed by atoms with E-state index >= 15 is 0 Å². The second-order valence-corrected chi connectivity index (χ2v) is 16.4. The van der Waals surface area contributed by atoms with Crippen molar-refractivity contribution in [3.8, 4) is 0 Å². The van der Waals surface area contributed by atoms with Gasteiger partial charge in [-0.15, -0.1) is 0 Å². The van der Waals surface area contributed by atoms with Gasteiger partial charge in [0, 0.05) is 12.8 Å². The van der Waals surface area contributed by atoms with Crippen LogP contribution in [0.4, 0.5) is 0 Å². The molecule has 0 amide bonds. The van der Waals surface area contributed by atoms with E-state index in [1.165, 1.54) is 167 Å². The van der Waals surface area contributed by atoms with Crippen LogP contribution in [0.15, 0.2) is 0 Å². The highest BCUT2D eigenvalue weighted by atomic mass is 31.1. The molecule has 0 aromatic carbocycles. The number of ether oxygens (including phenoxy) is 2. The topological polar surface area (TPSA) is 102 Å². The molecule has 0 rings (SSSR count). The van der Waals surface area contributed by atoms with Gasteiger partial charge in [-0.1, -0.05) is 194 Å². The molecule has 52 heavy (non-hydrogen) atoms. The summed E-state index contributed by atoms with van der Waals surface area (Å²) in [5, 5.41) is 0. The lowest BCUT2D eigenvalue weighted by Gasteiger charge is -2.29. The number of rotatable bonds is 39. The number of likely N-dealkylation sites (N-methyl/N-ethyl adjacent to an activating group) is 1. The molecule has 0 aliphatic heterocycles. The van der Waals surface area contributed by atoms with Crippen molar-refractivity contribution in [2.24, 2.45) is 0 Å². The Bertz CT molecular complexity index is 727. The number of hydrogen-bond donors (Lipinski definition) is 0. The Kier molecular flexibility index (Phi) is 43.5. The maximum Gasteiger partial charge on any atom is 0.488 e. The van der Waals surface area contributed by atoms with Gasteiger partial charge in [0.2, 0.25) is 0 Å². The van der Waals surface area contributed by atoms with Gasteiger partial charge in [0.15, 0.2) is 0 Å². The number of carbonyl (C=O) groups excluding carboxylic acids is 2. The maximum absolute atomic E-state index is 12.1. The van der Waals surface area contributed by atoms with Crippen molar-refractivity contribution >= 4 is 20.2 Å². The molecule has 0 aliphatic carbocycles. The summed E-state index contributed by atoms with van der Waals surface area (Å²) in [6, 6.07) is 0. The van der Waals surface area contributed by atoms with E-state index in [1.54, 1.807) is 0 Å². The summed E-state index contributed by atoms with van der Waals surface area (Å²) in [4.78, 5) is 33.5. The highest BCUT2D eigenvalue weighted by Gasteiger charge is 2.17. The van der Waals surface area contributed by atoms with Gasteiger partial charge in [-0.3, -0.25) is 9.59 Å². The summed E-state index contributed by atoms with van der Waals surface area (Å²) in [6.45, 7) is 6.89. The third-order valence-electron chi connectivity index (χ3n) is 10.0. The average molecular weight is 761 g/mol. The Hall–Kier alpha value is -1.08. The van der Waals surface area contributed by atoms with Gasteiger partial charge in [-0.2, -0.15) is 4.52 Å². The van der Waals surface area contributed by atoms with Gasteiger partial charge < -0.3 is 18.9 Å². The highest BCUT2D eigenvalue weighted by molar-refractivity contribution is 7.30. The van der Waals surface area contributed by atoms with Crippen LogP contribution >= 0.6 is 8.25 Å². The van der Waals surface area contributed by atoms with Crippen LogP contribution in [0.25, 0.3) is 0 Å². The molecule has 0 aromatic rings. The molecule has 8 nitrogen and oxygen atoms in total. The van der Waals surface area contributed by atoms with Gasteiger partial charge in [0.1, 0.15) is 26.3 Å².